The Hall–Kier alpha value is -1.27. The first kappa shape index (κ1) is 22.7. The zero-order valence-electron chi connectivity index (χ0n) is 12.5. The normalized spacial score (nSPS) is 16.3. The molecule has 0 aliphatic carbocycles. The summed E-state index contributed by atoms with van der Waals surface area (Å²) in [6, 6.07) is 4.25. The van der Waals surface area contributed by atoms with Crippen molar-refractivity contribution in [2.75, 3.05) is 26.2 Å². The Bertz CT molecular complexity index is 560. The van der Waals surface area contributed by atoms with Crippen LogP contribution in [0.1, 0.15) is 18.0 Å². The van der Waals surface area contributed by atoms with Crippen LogP contribution < -0.4 is 10.1 Å². The smallest absolute Gasteiger partial charge is 0.406 e. The molecule has 136 valence electrons. The molecule has 2 rings (SSSR count). The highest BCUT2D eigenvalue weighted by atomic mass is 35.5. The van der Waals surface area contributed by atoms with E-state index in [9.17, 15) is 17.6 Å². The highest BCUT2D eigenvalue weighted by Gasteiger charge is 2.32. The average molecular weight is 390 g/mol. The standard InChI is InChI=1S/C14H15F4N3O.2ClH/c15-12-2-1-10(22-14(16,17)18)9-11(12)13(3-4-19)21-7-5-20-6-8-21;;/h1-2,9,13,20H,3,5-8H2;2*1H/t13-;;/m1../s1. The molecule has 0 spiro atoms. The lowest BCUT2D eigenvalue weighted by molar-refractivity contribution is -0.274. The minimum absolute atomic E-state index is 0. The lowest BCUT2D eigenvalue weighted by Crippen LogP contribution is -2.45. The molecule has 0 amide bonds. The van der Waals surface area contributed by atoms with Gasteiger partial charge in [-0.3, -0.25) is 4.90 Å². The minimum atomic E-state index is -4.84. The van der Waals surface area contributed by atoms with Gasteiger partial charge in [0, 0.05) is 31.7 Å². The zero-order chi connectivity index (χ0) is 16.2. The highest BCUT2D eigenvalue weighted by molar-refractivity contribution is 5.85. The van der Waals surface area contributed by atoms with Crippen molar-refractivity contribution in [3.8, 4) is 11.8 Å². The number of nitrogens with one attached hydrogen (secondary N) is 1. The molecule has 0 saturated carbocycles. The summed E-state index contributed by atoms with van der Waals surface area (Å²) in [4.78, 5) is 1.88. The molecule has 4 nitrogen and oxygen atoms in total. The summed E-state index contributed by atoms with van der Waals surface area (Å²) in [5.41, 5.74) is 0.0465. The number of rotatable bonds is 4. The van der Waals surface area contributed by atoms with E-state index in [1.807, 2.05) is 11.0 Å². The summed E-state index contributed by atoms with van der Waals surface area (Å²) in [7, 11) is 0. The predicted molar refractivity (Wildman–Crippen MR) is 85.0 cm³/mol. The number of nitrogens with zero attached hydrogens (tertiary/aromatic N) is 2. The van der Waals surface area contributed by atoms with E-state index in [0.29, 0.717) is 26.2 Å². The molecule has 0 radical (unpaired) electrons. The van der Waals surface area contributed by atoms with Gasteiger partial charge in [0.25, 0.3) is 0 Å². The fraction of sp³-hybridized carbons (Fsp3) is 0.500. The molecule has 1 N–H and O–H groups in total. The van der Waals surface area contributed by atoms with Crippen molar-refractivity contribution in [1.29, 1.82) is 5.26 Å². The van der Waals surface area contributed by atoms with Gasteiger partial charge in [0.1, 0.15) is 11.6 Å². The zero-order valence-corrected chi connectivity index (χ0v) is 14.1. The Kier molecular flexibility index (Phi) is 9.37. The van der Waals surface area contributed by atoms with Crippen molar-refractivity contribution in [3.05, 3.63) is 29.6 Å². The van der Waals surface area contributed by atoms with E-state index in [0.717, 1.165) is 18.2 Å². The molecule has 1 fully saturated rings. The van der Waals surface area contributed by atoms with Crippen molar-refractivity contribution in [2.24, 2.45) is 0 Å². The van der Waals surface area contributed by atoms with E-state index in [4.69, 9.17) is 5.26 Å². The van der Waals surface area contributed by atoms with E-state index >= 15 is 0 Å². The summed E-state index contributed by atoms with van der Waals surface area (Å²) in [6.07, 6.45) is -4.85. The summed E-state index contributed by atoms with van der Waals surface area (Å²) >= 11 is 0. The van der Waals surface area contributed by atoms with Gasteiger partial charge in [-0.05, 0) is 18.2 Å². The number of piperazine rings is 1. The van der Waals surface area contributed by atoms with E-state index in [-0.39, 0.29) is 36.8 Å². The molecule has 1 heterocycles. The van der Waals surface area contributed by atoms with Gasteiger partial charge in [0.2, 0.25) is 0 Å². The van der Waals surface area contributed by atoms with Gasteiger partial charge in [-0.15, -0.1) is 38.0 Å². The molecule has 24 heavy (non-hydrogen) atoms. The second-order valence-corrected chi connectivity index (χ2v) is 4.90. The molecule has 1 aliphatic rings. The molecule has 1 saturated heterocycles. The first-order valence-electron chi connectivity index (χ1n) is 6.77. The quantitative estimate of drug-likeness (QED) is 0.801. The lowest BCUT2D eigenvalue weighted by Gasteiger charge is -2.34. The van der Waals surface area contributed by atoms with E-state index in [1.54, 1.807) is 0 Å². The lowest BCUT2D eigenvalue weighted by atomic mass is 10.0. The van der Waals surface area contributed by atoms with Crippen LogP contribution in [-0.2, 0) is 0 Å². The number of ether oxygens (including phenoxy) is 1. The molecule has 0 bridgehead atoms. The molecule has 1 aliphatic heterocycles. The van der Waals surface area contributed by atoms with Crippen molar-refractivity contribution >= 4 is 24.8 Å². The second-order valence-electron chi connectivity index (χ2n) is 4.90. The number of alkyl halides is 3. The van der Waals surface area contributed by atoms with Gasteiger partial charge in [0.05, 0.1) is 18.5 Å². The Morgan fingerprint density at radius 3 is 2.42 bits per heavy atom. The molecule has 1 atom stereocenters. The van der Waals surface area contributed by atoms with Gasteiger partial charge < -0.3 is 10.1 Å². The summed E-state index contributed by atoms with van der Waals surface area (Å²) in [5, 5.41) is 12.1. The first-order chi connectivity index (χ1) is 10.4. The first-order valence-corrected chi connectivity index (χ1v) is 6.77. The maximum atomic E-state index is 14.0. The predicted octanol–water partition coefficient (Wildman–Crippen LogP) is 3.43. The average Bonchev–Trinajstić information content (AvgIpc) is 2.46. The van der Waals surface area contributed by atoms with E-state index in [1.165, 1.54) is 0 Å². The summed E-state index contributed by atoms with van der Waals surface area (Å²) in [6.45, 7) is 2.55. The number of halogens is 6. The van der Waals surface area contributed by atoms with Crippen molar-refractivity contribution in [2.45, 2.75) is 18.8 Å². The Morgan fingerprint density at radius 1 is 1.25 bits per heavy atom. The maximum Gasteiger partial charge on any atom is 0.573 e. The number of hydrogen-bond donors (Lipinski definition) is 1. The van der Waals surface area contributed by atoms with Crippen LogP contribution in [0.3, 0.4) is 0 Å². The number of nitriles is 1. The molecule has 0 aromatic heterocycles. The third-order valence-electron chi connectivity index (χ3n) is 3.44. The van der Waals surface area contributed by atoms with Crippen molar-refractivity contribution in [1.82, 2.24) is 10.2 Å². The van der Waals surface area contributed by atoms with E-state index in [2.05, 4.69) is 10.1 Å². The highest BCUT2D eigenvalue weighted by Crippen LogP contribution is 2.31. The SMILES string of the molecule is Cl.Cl.N#CC[C@H](c1cc(OC(F)(F)F)ccc1F)N1CCNCC1. The molecule has 1 aromatic carbocycles. The summed E-state index contributed by atoms with van der Waals surface area (Å²) < 4.78 is 54.7. The molecule has 0 unspecified atom stereocenters. The largest absolute Gasteiger partial charge is 0.573 e. The van der Waals surface area contributed by atoms with Crippen LogP contribution >= 0.6 is 24.8 Å². The number of hydrogen-bond acceptors (Lipinski definition) is 4. The monoisotopic (exact) mass is 389 g/mol. The van der Waals surface area contributed by atoms with Gasteiger partial charge in [0.15, 0.2) is 0 Å². The van der Waals surface area contributed by atoms with Crippen LogP contribution in [0.25, 0.3) is 0 Å². The molecule has 10 heteroatoms. The van der Waals surface area contributed by atoms with Crippen LogP contribution in [-0.4, -0.2) is 37.4 Å². The minimum Gasteiger partial charge on any atom is -0.406 e. The van der Waals surface area contributed by atoms with Gasteiger partial charge in [-0.25, -0.2) is 4.39 Å². The van der Waals surface area contributed by atoms with E-state index < -0.39 is 24.0 Å². The van der Waals surface area contributed by atoms with Gasteiger partial charge in [-0.2, -0.15) is 5.26 Å². The summed E-state index contributed by atoms with van der Waals surface area (Å²) in [5.74, 6) is -1.13. The van der Waals surface area contributed by atoms with Crippen molar-refractivity contribution < 1.29 is 22.3 Å². The molecular weight excluding hydrogens is 373 g/mol. The maximum absolute atomic E-state index is 14.0. The van der Waals surface area contributed by atoms with Gasteiger partial charge >= 0.3 is 6.36 Å². The van der Waals surface area contributed by atoms with Crippen LogP contribution in [0.4, 0.5) is 17.6 Å². The molecule has 1 aromatic rings. The number of benzene rings is 1. The topological polar surface area (TPSA) is 48.3 Å². The fourth-order valence-corrected chi connectivity index (χ4v) is 2.49. The second kappa shape index (κ2) is 9.89. The van der Waals surface area contributed by atoms with Crippen molar-refractivity contribution in [3.63, 3.8) is 0 Å². The third-order valence-corrected chi connectivity index (χ3v) is 3.44. The van der Waals surface area contributed by atoms with Crippen LogP contribution in [0.5, 0.6) is 5.75 Å². The van der Waals surface area contributed by atoms with Crippen LogP contribution in [0.15, 0.2) is 18.2 Å². The van der Waals surface area contributed by atoms with Crippen LogP contribution in [0, 0.1) is 17.1 Å². The van der Waals surface area contributed by atoms with Crippen LogP contribution in [0.2, 0.25) is 0 Å². The fourth-order valence-electron chi connectivity index (χ4n) is 2.49. The molecular formula is C14H17Cl2F4N3O. The Balaban J connectivity index is 0.00000264. The Labute approximate surface area is 149 Å². The Morgan fingerprint density at radius 2 is 1.88 bits per heavy atom. The third kappa shape index (κ3) is 6.32. The van der Waals surface area contributed by atoms with Gasteiger partial charge in [-0.1, -0.05) is 0 Å².